The Morgan fingerprint density at radius 1 is 1.30 bits per heavy atom. The van der Waals surface area contributed by atoms with Gasteiger partial charge >= 0.3 is 0 Å². The van der Waals surface area contributed by atoms with Crippen molar-refractivity contribution in [3.63, 3.8) is 0 Å². The number of thioether (sulfide) groups is 1. The summed E-state index contributed by atoms with van der Waals surface area (Å²) in [5.41, 5.74) is 1.13. The molecule has 126 valence electrons. The SMILES string of the molecule is CN=C(NCCSc1ccc(Cl)cc1)NCc1cnn(C)c1.I. The van der Waals surface area contributed by atoms with Gasteiger partial charge in [0, 0.05) is 54.6 Å². The zero-order chi connectivity index (χ0) is 15.8. The third kappa shape index (κ3) is 7.45. The molecule has 1 heterocycles. The summed E-state index contributed by atoms with van der Waals surface area (Å²) in [5.74, 6) is 1.75. The Hall–Kier alpha value is -0.930. The number of aliphatic imine (C=N–C) groups is 1. The van der Waals surface area contributed by atoms with E-state index in [-0.39, 0.29) is 24.0 Å². The van der Waals surface area contributed by atoms with E-state index >= 15 is 0 Å². The third-order valence-electron chi connectivity index (χ3n) is 2.92. The zero-order valence-corrected chi connectivity index (χ0v) is 17.0. The van der Waals surface area contributed by atoms with E-state index in [1.807, 2.05) is 43.7 Å². The average Bonchev–Trinajstić information content (AvgIpc) is 2.94. The molecule has 0 unspecified atom stereocenters. The second-order valence-corrected chi connectivity index (χ2v) is 6.28. The lowest BCUT2D eigenvalue weighted by Gasteiger charge is -2.11. The van der Waals surface area contributed by atoms with Gasteiger partial charge in [-0.15, -0.1) is 35.7 Å². The maximum Gasteiger partial charge on any atom is 0.191 e. The van der Waals surface area contributed by atoms with Gasteiger partial charge in [0.15, 0.2) is 5.96 Å². The van der Waals surface area contributed by atoms with E-state index in [9.17, 15) is 0 Å². The topological polar surface area (TPSA) is 54.2 Å². The van der Waals surface area contributed by atoms with Crippen molar-refractivity contribution in [3.8, 4) is 0 Å². The van der Waals surface area contributed by atoms with Gasteiger partial charge in [0.05, 0.1) is 6.20 Å². The van der Waals surface area contributed by atoms with Crippen molar-refractivity contribution < 1.29 is 0 Å². The summed E-state index contributed by atoms with van der Waals surface area (Å²) in [6.45, 7) is 1.54. The van der Waals surface area contributed by atoms with Crippen LogP contribution in [0.25, 0.3) is 0 Å². The van der Waals surface area contributed by atoms with Gasteiger partial charge in [-0.25, -0.2) is 0 Å². The molecule has 0 aliphatic rings. The number of rotatable bonds is 6. The maximum atomic E-state index is 5.87. The van der Waals surface area contributed by atoms with Crippen LogP contribution in [-0.2, 0) is 13.6 Å². The molecule has 0 fully saturated rings. The van der Waals surface area contributed by atoms with Gasteiger partial charge < -0.3 is 10.6 Å². The summed E-state index contributed by atoms with van der Waals surface area (Å²) in [5, 5.41) is 11.5. The van der Waals surface area contributed by atoms with Crippen LogP contribution in [0.15, 0.2) is 46.5 Å². The van der Waals surface area contributed by atoms with Crippen molar-refractivity contribution in [1.29, 1.82) is 0 Å². The van der Waals surface area contributed by atoms with Crippen LogP contribution < -0.4 is 10.6 Å². The Bertz CT molecular complexity index is 615. The number of nitrogens with zero attached hydrogens (tertiary/aromatic N) is 3. The van der Waals surface area contributed by atoms with Crippen molar-refractivity contribution >= 4 is 53.3 Å². The summed E-state index contributed by atoms with van der Waals surface area (Å²) in [4.78, 5) is 5.42. The minimum absolute atomic E-state index is 0. The van der Waals surface area contributed by atoms with Crippen molar-refractivity contribution in [2.75, 3.05) is 19.3 Å². The molecule has 0 bridgehead atoms. The molecule has 0 aliphatic carbocycles. The molecule has 0 saturated carbocycles. The molecule has 1 aromatic carbocycles. The van der Waals surface area contributed by atoms with Crippen LogP contribution >= 0.6 is 47.3 Å². The fourth-order valence-corrected chi connectivity index (χ4v) is 2.73. The quantitative estimate of drug-likeness (QED) is 0.226. The molecule has 0 saturated heterocycles. The molecule has 8 heteroatoms. The average molecular weight is 466 g/mol. The van der Waals surface area contributed by atoms with Crippen LogP contribution in [0.1, 0.15) is 5.56 Å². The highest BCUT2D eigenvalue weighted by Gasteiger charge is 2.00. The second-order valence-electron chi connectivity index (χ2n) is 4.68. The minimum Gasteiger partial charge on any atom is -0.356 e. The van der Waals surface area contributed by atoms with Crippen molar-refractivity contribution in [2.45, 2.75) is 11.4 Å². The molecule has 0 amide bonds. The first-order chi connectivity index (χ1) is 10.7. The Balaban J connectivity index is 0.00000264. The molecule has 0 radical (unpaired) electrons. The van der Waals surface area contributed by atoms with Crippen molar-refractivity contribution in [1.82, 2.24) is 20.4 Å². The van der Waals surface area contributed by atoms with Gasteiger partial charge in [-0.2, -0.15) is 5.10 Å². The molecule has 2 N–H and O–H groups in total. The molecule has 2 rings (SSSR count). The number of nitrogens with one attached hydrogen (secondary N) is 2. The summed E-state index contributed by atoms with van der Waals surface area (Å²) in [6, 6.07) is 7.88. The molecule has 23 heavy (non-hydrogen) atoms. The molecule has 0 aliphatic heterocycles. The van der Waals surface area contributed by atoms with E-state index in [1.165, 1.54) is 4.90 Å². The van der Waals surface area contributed by atoms with Gasteiger partial charge in [0.1, 0.15) is 0 Å². The van der Waals surface area contributed by atoms with Crippen LogP contribution in [0, 0.1) is 0 Å². The van der Waals surface area contributed by atoms with E-state index in [2.05, 4.69) is 20.7 Å². The number of hydrogen-bond acceptors (Lipinski definition) is 3. The predicted molar refractivity (Wildman–Crippen MR) is 109 cm³/mol. The van der Waals surface area contributed by atoms with Gasteiger partial charge in [-0.05, 0) is 24.3 Å². The van der Waals surface area contributed by atoms with Gasteiger partial charge in [0.25, 0.3) is 0 Å². The summed E-state index contributed by atoms with van der Waals surface area (Å²) in [7, 11) is 3.68. The van der Waals surface area contributed by atoms with E-state index in [0.717, 1.165) is 28.8 Å². The Kier molecular flexibility index (Phi) is 9.42. The first-order valence-corrected chi connectivity index (χ1v) is 8.34. The van der Waals surface area contributed by atoms with Crippen LogP contribution in [-0.4, -0.2) is 35.1 Å². The lowest BCUT2D eigenvalue weighted by molar-refractivity contribution is 0.765. The van der Waals surface area contributed by atoms with Crippen molar-refractivity contribution in [3.05, 3.63) is 47.2 Å². The first-order valence-electron chi connectivity index (χ1n) is 6.98. The highest BCUT2D eigenvalue weighted by Crippen LogP contribution is 2.19. The number of guanidine groups is 1. The van der Waals surface area contributed by atoms with Crippen LogP contribution in [0.4, 0.5) is 0 Å². The number of aryl methyl sites for hydroxylation is 1. The first kappa shape index (κ1) is 20.1. The Labute approximate surface area is 163 Å². The predicted octanol–water partition coefficient (Wildman–Crippen LogP) is 3.15. The van der Waals surface area contributed by atoms with E-state index in [4.69, 9.17) is 11.6 Å². The fourth-order valence-electron chi connectivity index (χ4n) is 1.84. The number of aromatic nitrogens is 2. The van der Waals surface area contributed by atoms with Gasteiger partial charge in [0.2, 0.25) is 0 Å². The number of benzene rings is 1. The smallest absolute Gasteiger partial charge is 0.191 e. The molecular formula is C15H21ClIN5S. The largest absolute Gasteiger partial charge is 0.356 e. The normalized spacial score (nSPS) is 11.0. The standard InChI is InChI=1S/C15H20ClN5S.HI/c1-17-15(19-9-12-10-20-21(2)11-12)18-7-8-22-14-5-3-13(16)4-6-14;/h3-6,10-11H,7-9H2,1-2H3,(H2,17,18,19);1H. The van der Waals surface area contributed by atoms with E-state index in [0.29, 0.717) is 6.54 Å². The number of halogens is 2. The van der Waals surface area contributed by atoms with Gasteiger partial charge in [-0.3, -0.25) is 9.67 Å². The van der Waals surface area contributed by atoms with Crippen LogP contribution in [0.5, 0.6) is 0 Å². The molecule has 0 atom stereocenters. The second kappa shape index (κ2) is 10.8. The highest BCUT2D eigenvalue weighted by atomic mass is 127. The minimum atomic E-state index is 0. The summed E-state index contributed by atoms with van der Waals surface area (Å²) >= 11 is 7.65. The van der Waals surface area contributed by atoms with Crippen LogP contribution in [0.2, 0.25) is 5.02 Å². The van der Waals surface area contributed by atoms with Crippen molar-refractivity contribution in [2.24, 2.45) is 12.0 Å². The lowest BCUT2D eigenvalue weighted by atomic mass is 10.4. The molecule has 2 aromatic rings. The number of hydrogen-bond donors (Lipinski definition) is 2. The maximum absolute atomic E-state index is 5.87. The fraction of sp³-hybridized carbons (Fsp3) is 0.333. The highest BCUT2D eigenvalue weighted by molar-refractivity contribution is 14.0. The third-order valence-corrected chi connectivity index (χ3v) is 4.18. The monoisotopic (exact) mass is 465 g/mol. The Morgan fingerprint density at radius 3 is 2.65 bits per heavy atom. The summed E-state index contributed by atoms with van der Waals surface area (Å²) < 4.78 is 1.79. The molecule has 1 aromatic heterocycles. The van der Waals surface area contributed by atoms with Gasteiger partial charge in [-0.1, -0.05) is 11.6 Å². The molecule has 5 nitrogen and oxygen atoms in total. The molecule has 0 spiro atoms. The Morgan fingerprint density at radius 2 is 2.04 bits per heavy atom. The van der Waals surface area contributed by atoms with E-state index in [1.54, 1.807) is 23.5 Å². The summed E-state index contributed by atoms with van der Waals surface area (Å²) in [6.07, 6.45) is 3.83. The zero-order valence-electron chi connectivity index (χ0n) is 13.1. The van der Waals surface area contributed by atoms with E-state index < -0.39 is 0 Å². The molecular weight excluding hydrogens is 445 g/mol. The van der Waals surface area contributed by atoms with Crippen LogP contribution in [0.3, 0.4) is 0 Å². The lowest BCUT2D eigenvalue weighted by Crippen LogP contribution is -2.37.